The van der Waals surface area contributed by atoms with E-state index in [1.807, 2.05) is 6.92 Å². The van der Waals surface area contributed by atoms with Crippen LogP contribution in [0.2, 0.25) is 0 Å². The number of hydrogen-bond donors (Lipinski definition) is 1. The van der Waals surface area contributed by atoms with Crippen molar-refractivity contribution in [1.82, 2.24) is 4.98 Å². The van der Waals surface area contributed by atoms with Gasteiger partial charge in [0.15, 0.2) is 5.75 Å². The number of nitrogens with zero attached hydrogens (tertiary/aromatic N) is 1. The van der Waals surface area contributed by atoms with Gasteiger partial charge in [-0.3, -0.25) is 4.98 Å². The number of pyridine rings is 1. The molecule has 1 rings (SSSR count). The van der Waals surface area contributed by atoms with Crippen LogP contribution < -0.4 is 10.5 Å². The zero-order chi connectivity index (χ0) is 9.84. The van der Waals surface area contributed by atoms with Gasteiger partial charge in [0.05, 0.1) is 25.1 Å². The van der Waals surface area contributed by atoms with Crippen LogP contribution in [0.4, 0.5) is 5.69 Å². The van der Waals surface area contributed by atoms with Gasteiger partial charge < -0.3 is 15.2 Å². The minimum absolute atomic E-state index is 0.454. The van der Waals surface area contributed by atoms with E-state index in [1.54, 1.807) is 20.4 Å². The second kappa shape index (κ2) is 4.09. The van der Waals surface area contributed by atoms with Crippen molar-refractivity contribution in [3.05, 3.63) is 17.5 Å². The minimum Gasteiger partial charge on any atom is -0.493 e. The predicted molar refractivity (Wildman–Crippen MR) is 50.7 cm³/mol. The van der Waals surface area contributed by atoms with E-state index in [-0.39, 0.29) is 0 Å². The van der Waals surface area contributed by atoms with Crippen molar-refractivity contribution >= 4 is 5.69 Å². The zero-order valence-electron chi connectivity index (χ0n) is 8.13. The summed E-state index contributed by atoms with van der Waals surface area (Å²) in [5.41, 5.74) is 8.09. The van der Waals surface area contributed by atoms with Crippen molar-refractivity contribution in [2.75, 3.05) is 20.0 Å². The van der Waals surface area contributed by atoms with E-state index in [4.69, 9.17) is 15.2 Å². The molecule has 4 nitrogen and oxygen atoms in total. The van der Waals surface area contributed by atoms with Crippen LogP contribution >= 0.6 is 0 Å². The predicted octanol–water partition coefficient (Wildman–Crippen LogP) is 1.13. The highest BCUT2D eigenvalue weighted by molar-refractivity contribution is 5.59. The summed E-state index contributed by atoms with van der Waals surface area (Å²) in [4.78, 5) is 4.14. The average molecular weight is 182 g/mol. The van der Waals surface area contributed by atoms with Gasteiger partial charge in [0.2, 0.25) is 0 Å². The molecule has 0 saturated heterocycles. The zero-order valence-corrected chi connectivity index (χ0v) is 8.13. The maximum Gasteiger partial charge on any atom is 0.163 e. The van der Waals surface area contributed by atoms with Crippen LogP contribution in [0, 0.1) is 6.92 Å². The Morgan fingerprint density at radius 2 is 2.15 bits per heavy atom. The third-order valence-corrected chi connectivity index (χ3v) is 1.84. The van der Waals surface area contributed by atoms with Crippen LogP contribution in [0.25, 0.3) is 0 Å². The number of anilines is 1. The summed E-state index contributed by atoms with van der Waals surface area (Å²) >= 11 is 0. The molecule has 0 aliphatic carbocycles. The largest absolute Gasteiger partial charge is 0.493 e. The number of rotatable bonds is 3. The molecule has 0 aliphatic heterocycles. The van der Waals surface area contributed by atoms with Gasteiger partial charge in [0, 0.05) is 18.9 Å². The van der Waals surface area contributed by atoms with E-state index in [1.165, 1.54) is 0 Å². The number of methoxy groups -OCH3 is 2. The van der Waals surface area contributed by atoms with Gasteiger partial charge in [-0.2, -0.15) is 0 Å². The number of ether oxygens (including phenoxy) is 2. The molecule has 1 aromatic rings. The van der Waals surface area contributed by atoms with E-state index < -0.39 is 0 Å². The normalized spacial score (nSPS) is 10.1. The Kier molecular flexibility index (Phi) is 3.08. The molecule has 0 unspecified atom stereocenters. The first-order chi connectivity index (χ1) is 6.20. The van der Waals surface area contributed by atoms with E-state index in [9.17, 15) is 0 Å². The van der Waals surface area contributed by atoms with Crippen molar-refractivity contribution in [2.45, 2.75) is 13.5 Å². The molecule has 0 aliphatic rings. The van der Waals surface area contributed by atoms with Crippen LogP contribution in [-0.2, 0) is 11.3 Å². The standard InChI is InChI=1S/C9H14N2O2/c1-6-9(13-3)8(10)7(4-11-6)5-12-2/h4H,5H2,1-3H3,(H2,10,11). The Labute approximate surface area is 77.7 Å². The lowest BCUT2D eigenvalue weighted by atomic mass is 10.2. The molecular weight excluding hydrogens is 168 g/mol. The molecule has 72 valence electrons. The van der Waals surface area contributed by atoms with Crippen LogP contribution in [0.5, 0.6) is 5.75 Å². The van der Waals surface area contributed by atoms with Crippen LogP contribution in [-0.4, -0.2) is 19.2 Å². The first-order valence-electron chi connectivity index (χ1n) is 3.97. The molecule has 4 heteroatoms. The van der Waals surface area contributed by atoms with E-state index in [2.05, 4.69) is 4.98 Å². The lowest BCUT2D eigenvalue weighted by Crippen LogP contribution is -2.02. The van der Waals surface area contributed by atoms with E-state index in [0.29, 0.717) is 18.0 Å². The molecule has 0 fully saturated rings. The Bertz CT molecular complexity index is 300. The fourth-order valence-electron chi connectivity index (χ4n) is 1.17. The molecule has 1 aromatic heterocycles. The molecule has 0 amide bonds. The molecular formula is C9H14N2O2. The first-order valence-corrected chi connectivity index (χ1v) is 3.97. The van der Waals surface area contributed by atoms with Crippen molar-refractivity contribution in [2.24, 2.45) is 0 Å². The molecule has 0 spiro atoms. The SMILES string of the molecule is COCc1cnc(C)c(OC)c1N. The summed E-state index contributed by atoms with van der Waals surface area (Å²) in [5.74, 6) is 0.634. The number of aromatic nitrogens is 1. The monoisotopic (exact) mass is 182 g/mol. The van der Waals surface area contributed by atoms with Crippen molar-refractivity contribution in [1.29, 1.82) is 0 Å². The lowest BCUT2D eigenvalue weighted by molar-refractivity contribution is 0.185. The molecule has 2 N–H and O–H groups in total. The molecule has 0 atom stereocenters. The van der Waals surface area contributed by atoms with E-state index in [0.717, 1.165) is 11.3 Å². The van der Waals surface area contributed by atoms with E-state index >= 15 is 0 Å². The summed E-state index contributed by atoms with van der Waals surface area (Å²) < 4.78 is 10.1. The van der Waals surface area contributed by atoms with Gasteiger partial charge in [0.1, 0.15) is 0 Å². The van der Waals surface area contributed by atoms with Crippen LogP contribution in [0.1, 0.15) is 11.3 Å². The molecule has 0 saturated carbocycles. The quantitative estimate of drug-likeness (QED) is 0.761. The number of nitrogen functional groups attached to an aromatic ring is 1. The third-order valence-electron chi connectivity index (χ3n) is 1.84. The maximum atomic E-state index is 5.84. The number of hydrogen-bond acceptors (Lipinski definition) is 4. The molecule has 0 aromatic carbocycles. The molecule has 0 radical (unpaired) electrons. The minimum atomic E-state index is 0.454. The fraction of sp³-hybridized carbons (Fsp3) is 0.444. The van der Waals surface area contributed by atoms with Crippen LogP contribution in [0.3, 0.4) is 0 Å². The van der Waals surface area contributed by atoms with Crippen LogP contribution in [0.15, 0.2) is 6.20 Å². The van der Waals surface area contributed by atoms with Gasteiger partial charge in [-0.1, -0.05) is 0 Å². The topological polar surface area (TPSA) is 57.4 Å². The summed E-state index contributed by atoms with van der Waals surface area (Å²) in [6.07, 6.45) is 1.71. The smallest absolute Gasteiger partial charge is 0.163 e. The first kappa shape index (κ1) is 9.80. The number of aryl methyl sites for hydroxylation is 1. The second-order valence-electron chi connectivity index (χ2n) is 2.75. The van der Waals surface area contributed by atoms with Crippen molar-refractivity contribution < 1.29 is 9.47 Å². The fourth-order valence-corrected chi connectivity index (χ4v) is 1.17. The highest BCUT2D eigenvalue weighted by atomic mass is 16.5. The summed E-state index contributed by atoms with van der Waals surface area (Å²) in [6.45, 7) is 2.31. The molecule has 0 bridgehead atoms. The van der Waals surface area contributed by atoms with Crippen molar-refractivity contribution in [3.63, 3.8) is 0 Å². The highest BCUT2D eigenvalue weighted by Crippen LogP contribution is 2.27. The second-order valence-corrected chi connectivity index (χ2v) is 2.75. The molecule has 13 heavy (non-hydrogen) atoms. The van der Waals surface area contributed by atoms with Gasteiger partial charge in [-0.25, -0.2) is 0 Å². The molecule has 1 heterocycles. The maximum absolute atomic E-state index is 5.84. The average Bonchev–Trinajstić information content (AvgIpc) is 2.11. The number of nitrogens with two attached hydrogens (primary N) is 1. The van der Waals surface area contributed by atoms with Gasteiger partial charge >= 0.3 is 0 Å². The lowest BCUT2D eigenvalue weighted by Gasteiger charge is -2.10. The summed E-state index contributed by atoms with van der Waals surface area (Å²) in [6, 6.07) is 0. The Morgan fingerprint density at radius 1 is 1.46 bits per heavy atom. The van der Waals surface area contributed by atoms with Crippen molar-refractivity contribution in [3.8, 4) is 5.75 Å². The third kappa shape index (κ3) is 1.89. The van der Waals surface area contributed by atoms with Gasteiger partial charge in [-0.15, -0.1) is 0 Å². The Morgan fingerprint density at radius 3 is 2.69 bits per heavy atom. The highest BCUT2D eigenvalue weighted by Gasteiger charge is 2.09. The van der Waals surface area contributed by atoms with Gasteiger partial charge in [0.25, 0.3) is 0 Å². The van der Waals surface area contributed by atoms with Gasteiger partial charge in [-0.05, 0) is 6.92 Å². The Balaban J connectivity index is 3.11. The summed E-state index contributed by atoms with van der Waals surface area (Å²) in [5, 5.41) is 0. The summed E-state index contributed by atoms with van der Waals surface area (Å²) in [7, 11) is 3.20. The Hall–Kier alpha value is -1.29.